The van der Waals surface area contributed by atoms with Crippen LogP contribution >= 0.6 is 0 Å². The summed E-state index contributed by atoms with van der Waals surface area (Å²) in [5.41, 5.74) is 4.74. The van der Waals surface area contributed by atoms with E-state index in [4.69, 9.17) is 4.74 Å². The molecule has 4 heteroatoms. The Kier molecular flexibility index (Phi) is 12.2. The first-order chi connectivity index (χ1) is 15.1. The summed E-state index contributed by atoms with van der Waals surface area (Å²) in [5, 5.41) is 2.47. The van der Waals surface area contributed by atoms with Crippen molar-refractivity contribution in [2.45, 2.75) is 53.5 Å². The van der Waals surface area contributed by atoms with E-state index in [-0.39, 0.29) is 5.97 Å². The van der Waals surface area contributed by atoms with Gasteiger partial charge in [0.05, 0.1) is 12.8 Å². The van der Waals surface area contributed by atoms with Crippen LogP contribution in [0.25, 0.3) is 10.8 Å². The van der Waals surface area contributed by atoms with Crippen molar-refractivity contribution < 1.29 is 9.53 Å². The van der Waals surface area contributed by atoms with Gasteiger partial charge in [-0.25, -0.2) is 0 Å². The molecule has 0 radical (unpaired) electrons. The standard InChI is InChI=1S/C23H26N2O2.2C2H6/c1-25(2)16-19-8-5-9-21-20(19)12-13-24-22(21)15-18-7-4-6-17(14-18)10-11-23(26)27-3;2*1-2/h4-9,12-14H,10-11,15-16H2,1-3H3;2*1-2H3. The quantitative estimate of drug-likeness (QED) is 0.435. The minimum absolute atomic E-state index is 0.176. The zero-order chi connectivity index (χ0) is 23.2. The second-order valence-corrected chi connectivity index (χ2v) is 7.08. The van der Waals surface area contributed by atoms with Gasteiger partial charge in [-0.3, -0.25) is 9.78 Å². The van der Waals surface area contributed by atoms with Crippen molar-refractivity contribution in [3.05, 3.63) is 77.1 Å². The number of esters is 1. The van der Waals surface area contributed by atoms with E-state index in [1.54, 1.807) is 0 Å². The molecule has 0 saturated carbocycles. The molecule has 168 valence electrons. The first-order valence-electron chi connectivity index (χ1n) is 11.2. The number of benzene rings is 2. The fourth-order valence-electron chi connectivity index (χ4n) is 3.39. The predicted molar refractivity (Wildman–Crippen MR) is 131 cm³/mol. The second-order valence-electron chi connectivity index (χ2n) is 7.08. The summed E-state index contributed by atoms with van der Waals surface area (Å²) in [5.74, 6) is -0.176. The topological polar surface area (TPSA) is 42.4 Å². The van der Waals surface area contributed by atoms with Gasteiger partial charge in [0, 0.05) is 31.0 Å². The van der Waals surface area contributed by atoms with Crippen LogP contribution in [0.5, 0.6) is 0 Å². The lowest BCUT2D eigenvalue weighted by molar-refractivity contribution is -0.140. The van der Waals surface area contributed by atoms with E-state index < -0.39 is 0 Å². The van der Waals surface area contributed by atoms with Gasteiger partial charge < -0.3 is 9.64 Å². The van der Waals surface area contributed by atoms with Gasteiger partial charge in [0.25, 0.3) is 0 Å². The number of ether oxygens (including phenoxy) is 1. The maximum Gasteiger partial charge on any atom is 0.305 e. The minimum atomic E-state index is -0.176. The van der Waals surface area contributed by atoms with Crippen LogP contribution in [0.3, 0.4) is 0 Å². The van der Waals surface area contributed by atoms with E-state index in [0.717, 1.165) is 24.2 Å². The number of carbonyl (C=O) groups is 1. The van der Waals surface area contributed by atoms with Gasteiger partial charge in [-0.15, -0.1) is 0 Å². The van der Waals surface area contributed by atoms with Crippen molar-refractivity contribution in [1.29, 1.82) is 0 Å². The normalized spacial score (nSPS) is 10.1. The Morgan fingerprint density at radius 2 is 1.61 bits per heavy atom. The number of methoxy groups -OCH3 is 1. The second kappa shape index (κ2) is 14.3. The Hall–Kier alpha value is -2.72. The van der Waals surface area contributed by atoms with E-state index in [2.05, 4.69) is 66.4 Å². The molecule has 1 aromatic heterocycles. The van der Waals surface area contributed by atoms with Gasteiger partial charge in [0.1, 0.15) is 0 Å². The fourth-order valence-corrected chi connectivity index (χ4v) is 3.39. The molecule has 0 aliphatic carbocycles. The van der Waals surface area contributed by atoms with E-state index in [1.165, 1.54) is 29.0 Å². The number of rotatable bonds is 7. The molecule has 0 atom stereocenters. The van der Waals surface area contributed by atoms with E-state index in [0.29, 0.717) is 12.8 Å². The van der Waals surface area contributed by atoms with E-state index in [1.807, 2.05) is 40.0 Å². The predicted octanol–water partition coefficient (Wildman–Crippen LogP) is 6.05. The van der Waals surface area contributed by atoms with Crippen molar-refractivity contribution in [2.24, 2.45) is 0 Å². The molecule has 3 aromatic rings. The summed E-state index contributed by atoms with van der Waals surface area (Å²) in [4.78, 5) is 18.2. The summed E-state index contributed by atoms with van der Waals surface area (Å²) in [6.07, 6.45) is 3.77. The van der Waals surface area contributed by atoms with Gasteiger partial charge >= 0.3 is 5.97 Å². The lowest BCUT2D eigenvalue weighted by Crippen LogP contribution is -2.11. The molecule has 3 rings (SSSR count). The molecular formula is C27H38N2O2. The van der Waals surface area contributed by atoms with Gasteiger partial charge in [-0.2, -0.15) is 0 Å². The maximum atomic E-state index is 11.4. The SMILES string of the molecule is CC.CC.COC(=O)CCc1cccc(Cc2nccc3c(CN(C)C)cccc23)c1. The number of nitrogens with zero attached hydrogens (tertiary/aromatic N) is 2. The Balaban J connectivity index is 0.00000113. The van der Waals surface area contributed by atoms with Gasteiger partial charge in [-0.05, 0) is 48.7 Å². The molecule has 4 nitrogen and oxygen atoms in total. The smallest absolute Gasteiger partial charge is 0.305 e. The first kappa shape index (κ1) is 26.3. The molecular weight excluding hydrogens is 384 g/mol. The Morgan fingerprint density at radius 3 is 2.29 bits per heavy atom. The highest BCUT2D eigenvalue weighted by atomic mass is 16.5. The van der Waals surface area contributed by atoms with E-state index in [9.17, 15) is 4.79 Å². The van der Waals surface area contributed by atoms with Gasteiger partial charge in [-0.1, -0.05) is 70.2 Å². The number of carbonyl (C=O) groups excluding carboxylic acids is 1. The lowest BCUT2D eigenvalue weighted by Gasteiger charge is -2.14. The average Bonchev–Trinajstić information content (AvgIpc) is 2.80. The molecule has 0 aliphatic heterocycles. The molecule has 2 aromatic carbocycles. The first-order valence-corrected chi connectivity index (χ1v) is 11.2. The summed E-state index contributed by atoms with van der Waals surface area (Å²) >= 11 is 0. The zero-order valence-corrected chi connectivity index (χ0v) is 20.2. The molecule has 0 amide bonds. The summed E-state index contributed by atoms with van der Waals surface area (Å²) in [6.45, 7) is 8.91. The molecule has 1 heterocycles. The van der Waals surface area contributed by atoms with Crippen molar-refractivity contribution >= 4 is 16.7 Å². The van der Waals surface area contributed by atoms with Crippen LogP contribution in [0, 0.1) is 0 Å². The van der Waals surface area contributed by atoms with Crippen molar-refractivity contribution in [1.82, 2.24) is 9.88 Å². The van der Waals surface area contributed by atoms with Crippen LogP contribution in [0.2, 0.25) is 0 Å². The number of hydrogen-bond donors (Lipinski definition) is 0. The molecule has 31 heavy (non-hydrogen) atoms. The molecule has 0 unspecified atom stereocenters. The van der Waals surface area contributed by atoms with Crippen molar-refractivity contribution in [2.75, 3.05) is 21.2 Å². The molecule has 0 bridgehead atoms. The molecule has 0 fully saturated rings. The number of aromatic nitrogens is 1. The molecule has 0 spiro atoms. The van der Waals surface area contributed by atoms with Crippen LogP contribution < -0.4 is 0 Å². The molecule has 0 saturated heterocycles. The highest BCUT2D eigenvalue weighted by molar-refractivity contribution is 5.87. The zero-order valence-electron chi connectivity index (χ0n) is 20.2. The van der Waals surface area contributed by atoms with Crippen LogP contribution in [0.1, 0.15) is 56.5 Å². The number of hydrogen-bond acceptors (Lipinski definition) is 4. The lowest BCUT2D eigenvalue weighted by atomic mass is 9.98. The third-order valence-electron chi connectivity index (χ3n) is 4.67. The van der Waals surface area contributed by atoms with Crippen LogP contribution in [-0.4, -0.2) is 37.1 Å². The van der Waals surface area contributed by atoms with Gasteiger partial charge in [0.15, 0.2) is 0 Å². The largest absolute Gasteiger partial charge is 0.469 e. The number of pyridine rings is 1. The average molecular weight is 423 g/mol. The summed E-state index contributed by atoms with van der Waals surface area (Å²) in [6, 6.07) is 16.9. The Labute approximate surface area is 188 Å². The van der Waals surface area contributed by atoms with Crippen LogP contribution in [0.4, 0.5) is 0 Å². The minimum Gasteiger partial charge on any atom is -0.469 e. The molecule has 0 N–H and O–H groups in total. The monoisotopic (exact) mass is 422 g/mol. The summed E-state index contributed by atoms with van der Waals surface area (Å²) < 4.78 is 4.73. The maximum absolute atomic E-state index is 11.4. The summed E-state index contributed by atoms with van der Waals surface area (Å²) in [7, 11) is 5.59. The number of fused-ring (bicyclic) bond motifs is 1. The van der Waals surface area contributed by atoms with Gasteiger partial charge in [0.2, 0.25) is 0 Å². The van der Waals surface area contributed by atoms with Crippen molar-refractivity contribution in [3.63, 3.8) is 0 Å². The van der Waals surface area contributed by atoms with Crippen LogP contribution in [-0.2, 0) is 28.9 Å². The third kappa shape index (κ3) is 8.14. The Morgan fingerprint density at radius 1 is 0.935 bits per heavy atom. The number of aryl methyl sites for hydroxylation is 1. The Bertz CT molecular complexity index is 935. The van der Waals surface area contributed by atoms with Crippen molar-refractivity contribution in [3.8, 4) is 0 Å². The highest BCUT2D eigenvalue weighted by Gasteiger charge is 2.09. The van der Waals surface area contributed by atoms with Crippen LogP contribution in [0.15, 0.2) is 54.7 Å². The third-order valence-corrected chi connectivity index (χ3v) is 4.67. The fraction of sp³-hybridized carbons (Fsp3) is 0.407. The molecule has 0 aliphatic rings. The van der Waals surface area contributed by atoms with E-state index >= 15 is 0 Å². The highest BCUT2D eigenvalue weighted by Crippen LogP contribution is 2.24.